The molecule has 156 valence electrons. The molecule has 0 radical (unpaired) electrons. The van der Waals surface area contributed by atoms with Gasteiger partial charge >= 0.3 is 0 Å². The molecule has 0 atom stereocenters. The van der Waals surface area contributed by atoms with E-state index in [1.807, 2.05) is 65.0 Å². The number of aryl methyl sites for hydroxylation is 2. The number of para-hydroxylation sites is 1. The minimum Gasteiger partial charge on any atom is -0.497 e. The van der Waals surface area contributed by atoms with Crippen molar-refractivity contribution in [3.63, 3.8) is 0 Å². The second-order valence-corrected chi connectivity index (χ2v) is 8.04. The van der Waals surface area contributed by atoms with Crippen LogP contribution in [0, 0.1) is 12.8 Å². The number of rotatable bonds is 6. The Labute approximate surface area is 178 Å². The fourth-order valence-corrected chi connectivity index (χ4v) is 4.16. The number of nitrogens with zero attached hydrogens (tertiary/aromatic N) is 3. The van der Waals surface area contributed by atoms with E-state index in [9.17, 15) is 4.79 Å². The first-order valence-corrected chi connectivity index (χ1v) is 10.7. The second-order valence-electron chi connectivity index (χ2n) is 8.04. The summed E-state index contributed by atoms with van der Waals surface area (Å²) in [6.45, 7) is 3.61. The van der Waals surface area contributed by atoms with Crippen LogP contribution in [0.2, 0.25) is 0 Å². The Morgan fingerprint density at radius 2 is 1.77 bits per heavy atom. The van der Waals surface area contributed by atoms with Crippen LogP contribution >= 0.6 is 0 Å². The van der Waals surface area contributed by atoms with Crippen molar-refractivity contribution in [2.75, 3.05) is 20.2 Å². The van der Waals surface area contributed by atoms with Gasteiger partial charge in [-0.3, -0.25) is 4.79 Å². The molecule has 0 aliphatic carbocycles. The van der Waals surface area contributed by atoms with Gasteiger partial charge in [-0.1, -0.05) is 30.3 Å². The summed E-state index contributed by atoms with van der Waals surface area (Å²) in [7, 11) is 1.69. The number of amides is 1. The van der Waals surface area contributed by atoms with Crippen LogP contribution in [0.5, 0.6) is 5.75 Å². The first-order chi connectivity index (χ1) is 14.6. The lowest BCUT2D eigenvalue weighted by Crippen LogP contribution is -2.38. The van der Waals surface area contributed by atoms with E-state index in [4.69, 9.17) is 4.74 Å². The standard InChI is InChI=1S/C25H29N3O2/c1-19-18-24(26-28(19)22-6-4-3-5-7-22)25(29)27-16-14-21(15-17-27)9-8-20-10-12-23(30-2)13-11-20/h3-7,10-13,18,21H,8-9,14-17H2,1-2H3. The maximum atomic E-state index is 13.0. The van der Waals surface area contributed by atoms with E-state index in [1.54, 1.807) is 7.11 Å². The van der Waals surface area contributed by atoms with Crippen LogP contribution in [0.3, 0.4) is 0 Å². The van der Waals surface area contributed by atoms with Gasteiger partial charge in [-0.2, -0.15) is 5.10 Å². The molecule has 0 saturated carbocycles. The predicted molar refractivity (Wildman–Crippen MR) is 118 cm³/mol. The zero-order chi connectivity index (χ0) is 20.9. The van der Waals surface area contributed by atoms with Crippen LogP contribution < -0.4 is 4.74 Å². The molecule has 0 unspecified atom stereocenters. The highest BCUT2D eigenvalue weighted by molar-refractivity contribution is 5.92. The molecule has 1 saturated heterocycles. The van der Waals surface area contributed by atoms with Gasteiger partial charge in [-0.25, -0.2) is 4.68 Å². The number of benzene rings is 2. The molecule has 1 fully saturated rings. The third-order valence-electron chi connectivity index (χ3n) is 6.01. The van der Waals surface area contributed by atoms with Crippen LogP contribution in [0.15, 0.2) is 60.7 Å². The zero-order valence-corrected chi connectivity index (χ0v) is 17.8. The molecule has 1 aliphatic heterocycles. The molecule has 1 aromatic heterocycles. The predicted octanol–water partition coefficient (Wildman–Crippen LogP) is 4.67. The minimum atomic E-state index is 0.0429. The van der Waals surface area contributed by atoms with Crippen molar-refractivity contribution in [2.45, 2.75) is 32.6 Å². The average molecular weight is 404 g/mol. The van der Waals surface area contributed by atoms with Crippen LogP contribution in [-0.2, 0) is 6.42 Å². The van der Waals surface area contributed by atoms with E-state index in [1.165, 1.54) is 5.56 Å². The molecule has 1 aliphatic rings. The van der Waals surface area contributed by atoms with Gasteiger partial charge in [0.25, 0.3) is 5.91 Å². The van der Waals surface area contributed by atoms with E-state index in [0.717, 1.165) is 55.9 Å². The molecule has 30 heavy (non-hydrogen) atoms. The van der Waals surface area contributed by atoms with Crippen LogP contribution in [0.1, 0.15) is 41.0 Å². The van der Waals surface area contributed by atoms with E-state index in [2.05, 4.69) is 17.2 Å². The Balaban J connectivity index is 1.31. The Morgan fingerprint density at radius 1 is 1.07 bits per heavy atom. The number of piperidine rings is 1. The minimum absolute atomic E-state index is 0.0429. The molecule has 2 aromatic carbocycles. The average Bonchev–Trinajstić information content (AvgIpc) is 3.20. The lowest BCUT2D eigenvalue weighted by molar-refractivity contribution is 0.0680. The van der Waals surface area contributed by atoms with Crippen LogP contribution in [0.4, 0.5) is 0 Å². The summed E-state index contributed by atoms with van der Waals surface area (Å²) in [5.41, 5.74) is 3.83. The number of methoxy groups -OCH3 is 1. The molecule has 3 aromatic rings. The topological polar surface area (TPSA) is 47.4 Å². The summed E-state index contributed by atoms with van der Waals surface area (Å²) in [5, 5.41) is 4.58. The van der Waals surface area contributed by atoms with Crippen molar-refractivity contribution >= 4 is 5.91 Å². The molecule has 4 rings (SSSR count). The van der Waals surface area contributed by atoms with Crippen molar-refractivity contribution in [1.82, 2.24) is 14.7 Å². The maximum absolute atomic E-state index is 13.0. The number of hydrogen-bond acceptors (Lipinski definition) is 3. The number of carbonyl (C=O) groups excluding carboxylic acids is 1. The van der Waals surface area contributed by atoms with Crippen molar-refractivity contribution < 1.29 is 9.53 Å². The van der Waals surface area contributed by atoms with Crippen molar-refractivity contribution in [3.8, 4) is 11.4 Å². The largest absolute Gasteiger partial charge is 0.497 e. The summed E-state index contributed by atoms with van der Waals surface area (Å²) in [4.78, 5) is 14.9. The molecule has 2 heterocycles. The van der Waals surface area contributed by atoms with Gasteiger partial charge in [-0.15, -0.1) is 0 Å². The highest BCUT2D eigenvalue weighted by atomic mass is 16.5. The number of carbonyl (C=O) groups is 1. The van der Waals surface area contributed by atoms with E-state index in [0.29, 0.717) is 11.6 Å². The summed E-state index contributed by atoms with van der Waals surface area (Å²) in [6.07, 6.45) is 4.35. The monoisotopic (exact) mass is 403 g/mol. The summed E-state index contributed by atoms with van der Waals surface area (Å²) in [5.74, 6) is 1.61. The van der Waals surface area contributed by atoms with Crippen molar-refractivity contribution in [1.29, 1.82) is 0 Å². The van der Waals surface area contributed by atoms with Crippen LogP contribution in [-0.4, -0.2) is 40.8 Å². The normalized spacial score (nSPS) is 14.7. The van der Waals surface area contributed by atoms with Gasteiger partial charge in [0.1, 0.15) is 5.75 Å². The number of likely N-dealkylation sites (tertiary alicyclic amines) is 1. The summed E-state index contributed by atoms with van der Waals surface area (Å²) >= 11 is 0. The molecular formula is C25H29N3O2. The Kier molecular flexibility index (Phi) is 6.17. The van der Waals surface area contributed by atoms with Crippen molar-refractivity contribution in [3.05, 3.63) is 77.6 Å². The smallest absolute Gasteiger partial charge is 0.274 e. The van der Waals surface area contributed by atoms with Gasteiger partial charge in [-0.05, 0) is 74.4 Å². The Bertz CT molecular complexity index is 971. The molecule has 0 N–H and O–H groups in total. The third-order valence-corrected chi connectivity index (χ3v) is 6.01. The highest BCUT2D eigenvalue weighted by Gasteiger charge is 2.25. The summed E-state index contributed by atoms with van der Waals surface area (Å²) < 4.78 is 7.07. The van der Waals surface area contributed by atoms with E-state index in [-0.39, 0.29) is 5.91 Å². The van der Waals surface area contributed by atoms with Gasteiger partial charge < -0.3 is 9.64 Å². The Morgan fingerprint density at radius 3 is 2.43 bits per heavy atom. The lowest BCUT2D eigenvalue weighted by atomic mass is 9.90. The molecule has 5 heteroatoms. The fourth-order valence-electron chi connectivity index (χ4n) is 4.16. The first-order valence-electron chi connectivity index (χ1n) is 10.7. The number of ether oxygens (including phenoxy) is 1. The quantitative estimate of drug-likeness (QED) is 0.601. The third kappa shape index (κ3) is 4.56. The Hall–Kier alpha value is -3.08. The van der Waals surface area contributed by atoms with Gasteiger partial charge in [0.15, 0.2) is 5.69 Å². The highest BCUT2D eigenvalue weighted by Crippen LogP contribution is 2.24. The van der Waals surface area contributed by atoms with Gasteiger partial charge in [0, 0.05) is 18.8 Å². The molecule has 0 spiro atoms. The second kappa shape index (κ2) is 9.16. The van der Waals surface area contributed by atoms with Gasteiger partial charge in [0.05, 0.1) is 12.8 Å². The maximum Gasteiger partial charge on any atom is 0.274 e. The SMILES string of the molecule is COc1ccc(CCC2CCN(C(=O)c3cc(C)n(-c4ccccc4)n3)CC2)cc1. The lowest BCUT2D eigenvalue weighted by Gasteiger charge is -2.31. The zero-order valence-electron chi connectivity index (χ0n) is 17.8. The van der Waals surface area contributed by atoms with E-state index < -0.39 is 0 Å². The number of hydrogen-bond donors (Lipinski definition) is 0. The molecular weight excluding hydrogens is 374 g/mol. The van der Waals surface area contributed by atoms with E-state index >= 15 is 0 Å². The summed E-state index contributed by atoms with van der Waals surface area (Å²) in [6, 6.07) is 20.2. The van der Waals surface area contributed by atoms with Crippen molar-refractivity contribution in [2.24, 2.45) is 5.92 Å². The first kappa shape index (κ1) is 20.2. The molecule has 1 amide bonds. The molecule has 0 bridgehead atoms. The molecule has 5 nitrogen and oxygen atoms in total. The fraction of sp³-hybridized carbons (Fsp3) is 0.360. The number of aromatic nitrogens is 2. The van der Waals surface area contributed by atoms with Crippen LogP contribution in [0.25, 0.3) is 5.69 Å². The van der Waals surface area contributed by atoms with Gasteiger partial charge in [0.2, 0.25) is 0 Å².